The third kappa shape index (κ3) is 2.29. The topological polar surface area (TPSA) is 15.3 Å². The summed E-state index contributed by atoms with van der Waals surface area (Å²) in [6.45, 7) is 13.6. The third-order valence-corrected chi connectivity index (χ3v) is 3.52. The van der Waals surface area contributed by atoms with Crippen LogP contribution in [0, 0.1) is 10.8 Å². The molecule has 2 heteroatoms. The summed E-state index contributed by atoms with van der Waals surface area (Å²) < 4.78 is 0. The van der Waals surface area contributed by atoms with Crippen LogP contribution >= 0.6 is 0 Å². The average molecular weight is 196 g/mol. The number of hydrogen-bond acceptors (Lipinski definition) is 2. The molecule has 0 radical (unpaired) electrons. The molecule has 0 aliphatic carbocycles. The second-order valence-electron chi connectivity index (χ2n) is 6.48. The number of rotatable bonds is 3. The van der Waals surface area contributed by atoms with Gasteiger partial charge in [-0.2, -0.15) is 0 Å². The lowest BCUT2D eigenvalue weighted by Crippen LogP contribution is -2.70. The van der Waals surface area contributed by atoms with Crippen LogP contribution in [-0.2, 0) is 0 Å². The van der Waals surface area contributed by atoms with E-state index in [2.05, 4.69) is 31.0 Å². The van der Waals surface area contributed by atoms with E-state index in [-0.39, 0.29) is 0 Å². The highest BCUT2D eigenvalue weighted by Gasteiger charge is 2.46. The molecule has 0 unspecified atom stereocenters. The number of hydrogen-bond donors (Lipinski definition) is 1. The zero-order valence-electron chi connectivity index (χ0n) is 9.90. The van der Waals surface area contributed by atoms with Crippen molar-refractivity contribution in [2.75, 3.05) is 32.7 Å². The Morgan fingerprint density at radius 3 is 2.29 bits per heavy atom. The van der Waals surface area contributed by atoms with Crippen molar-refractivity contribution in [1.29, 1.82) is 0 Å². The van der Waals surface area contributed by atoms with E-state index in [1.165, 1.54) is 45.6 Å². The summed E-state index contributed by atoms with van der Waals surface area (Å²) >= 11 is 0. The van der Waals surface area contributed by atoms with Gasteiger partial charge in [0, 0.05) is 31.6 Å². The Labute approximate surface area is 88.1 Å². The van der Waals surface area contributed by atoms with Crippen LogP contribution in [0.15, 0.2) is 0 Å². The number of likely N-dealkylation sites (tertiary alicyclic amines) is 1. The van der Waals surface area contributed by atoms with E-state index in [1.807, 2.05) is 0 Å². The summed E-state index contributed by atoms with van der Waals surface area (Å²) in [5.41, 5.74) is 1.22. The van der Waals surface area contributed by atoms with E-state index in [4.69, 9.17) is 0 Å². The standard InChI is InChI=1S/C12H24N2/c1-11(2,3)5-4-6-14-9-12(10-14)7-13-8-12/h13H,4-10H2,1-3H3. The van der Waals surface area contributed by atoms with E-state index >= 15 is 0 Å². The molecular weight excluding hydrogens is 172 g/mol. The molecule has 0 atom stereocenters. The molecule has 1 N–H and O–H groups in total. The Kier molecular flexibility index (Phi) is 2.61. The van der Waals surface area contributed by atoms with Gasteiger partial charge in [-0.25, -0.2) is 0 Å². The minimum absolute atomic E-state index is 0.514. The molecule has 82 valence electrons. The highest BCUT2D eigenvalue weighted by atomic mass is 15.3. The van der Waals surface area contributed by atoms with Crippen molar-refractivity contribution in [3.8, 4) is 0 Å². The van der Waals surface area contributed by atoms with Gasteiger partial charge >= 0.3 is 0 Å². The van der Waals surface area contributed by atoms with Crippen molar-refractivity contribution in [1.82, 2.24) is 10.2 Å². The number of nitrogens with one attached hydrogen (secondary N) is 1. The fourth-order valence-corrected chi connectivity index (χ4v) is 2.60. The molecule has 2 saturated heterocycles. The van der Waals surface area contributed by atoms with Crippen molar-refractivity contribution in [2.45, 2.75) is 33.6 Å². The van der Waals surface area contributed by atoms with Crippen LogP contribution in [0.25, 0.3) is 0 Å². The molecule has 0 bridgehead atoms. The summed E-state index contributed by atoms with van der Waals surface area (Å²) in [5, 5.41) is 3.38. The van der Waals surface area contributed by atoms with Gasteiger partial charge in [-0.1, -0.05) is 20.8 Å². The molecular formula is C12H24N2. The summed E-state index contributed by atoms with van der Waals surface area (Å²) in [6, 6.07) is 0. The van der Waals surface area contributed by atoms with Gasteiger partial charge in [0.1, 0.15) is 0 Å². The Morgan fingerprint density at radius 1 is 1.21 bits per heavy atom. The lowest BCUT2D eigenvalue weighted by atomic mass is 9.74. The second kappa shape index (κ2) is 3.49. The van der Waals surface area contributed by atoms with Crippen molar-refractivity contribution in [3.05, 3.63) is 0 Å². The molecule has 14 heavy (non-hydrogen) atoms. The molecule has 2 rings (SSSR count). The first-order valence-corrected chi connectivity index (χ1v) is 5.92. The Morgan fingerprint density at radius 2 is 1.86 bits per heavy atom. The van der Waals surface area contributed by atoms with Crippen molar-refractivity contribution in [2.24, 2.45) is 10.8 Å². The highest BCUT2D eigenvalue weighted by Crippen LogP contribution is 2.34. The van der Waals surface area contributed by atoms with Crippen LogP contribution < -0.4 is 5.32 Å². The SMILES string of the molecule is CC(C)(C)CCCN1CC2(CNC2)C1. The molecule has 0 aromatic heterocycles. The minimum atomic E-state index is 0.514. The van der Waals surface area contributed by atoms with E-state index in [9.17, 15) is 0 Å². The largest absolute Gasteiger partial charge is 0.315 e. The normalized spacial score (nSPS) is 25.9. The first-order chi connectivity index (χ1) is 6.49. The summed E-state index contributed by atoms with van der Waals surface area (Å²) in [6.07, 6.45) is 2.72. The van der Waals surface area contributed by atoms with Crippen molar-refractivity contribution < 1.29 is 0 Å². The lowest BCUT2D eigenvalue weighted by Gasteiger charge is -2.56. The van der Waals surface area contributed by atoms with Gasteiger partial charge in [0.25, 0.3) is 0 Å². The minimum Gasteiger partial charge on any atom is -0.315 e. The van der Waals surface area contributed by atoms with Crippen LogP contribution in [0.3, 0.4) is 0 Å². The van der Waals surface area contributed by atoms with Crippen LogP contribution in [0.1, 0.15) is 33.6 Å². The molecule has 2 heterocycles. The second-order valence-corrected chi connectivity index (χ2v) is 6.48. The highest BCUT2D eigenvalue weighted by molar-refractivity contribution is 5.03. The molecule has 2 fully saturated rings. The maximum absolute atomic E-state index is 3.38. The lowest BCUT2D eigenvalue weighted by molar-refractivity contribution is -0.0406. The Bertz CT molecular complexity index is 193. The molecule has 0 saturated carbocycles. The average Bonchev–Trinajstić information content (AvgIpc) is 1.87. The van der Waals surface area contributed by atoms with Crippen LogP contribution in [0.4, 0.5) is 0 Å². The molecule has 1 spiro atoms. The van der Waals surface area contributed by atoms with Gasteiger partial charge in [-0.3, -0.25) is 0 Å². The predicted octanol–water partition coefficient (Wildman–Crippen LogP) is 1.72. The Hall–Kier alpha value is -0.0800. The monoisotopic (exact) mass is 196 g/mol. The van der Waals surface area contributed by atoms with Crippen LogP contribution in [-0.4, -0.2) is 37.6 Å². The van der Waals surface area contributed by atoms with Crippen molar-refractivity contribution >= 4 is 0 Å². The quantitative estimate of drug-likeness (QED) is 0.739. The molecule has 2 aliphatic rings. The van der Waals surface area contributed by atoms with Gasteiger partial charge in [0.15, 0.2) is 0 Å². The van der Waals surface area contributed by atoms with E-state index in [0.717, 1.165) is 0 Å². The molecule has 0 aromatic carbocycles. The summed E-state index contributed by atoms with van der Waals surface area (Å²) in [4.78, 5) is 2.62. The Balaban J connectivity index is 1.56. The first kappa shape index (κ1) is 10.4. The van der Waals surface area contributed by atoms with Gasteiger partial charge in [0.2, 0.25) is 0 Å². The maximum Gasteiger partial charge on any atom is 0.0207 e. The van der Waals surface area contributed by atoms with Crippen LogP contribution in [0.5, 0.6) is 0 Å². The summed E-state index contributed by atoms with van der Waals surface area (Å²) in [5.74, 6) is 0. The van der Waals surface area contributed by atoms with Crippen molar-refractivity contribution in [3.63, 3.8) is 0 Å². The third-order valence-electron chi connectivity index (χ3n) is 3.52. The van der Waals surface area contributed by atoms with E-state index in [1.54, 1.807) is 0 Å². The maximum atomic E-state index is 3.38. The fourth-order valence-electron chi connectivity index (χ4n) is 2.60. The molecule has 0 aromatic rings. The van der Waals surface area contributed by atoms with Gasteiger partial charge < -0.3 is 10.2 Å². The molecule has 2 nitrogen and oxygen atoms in total. The van der Waals surface area contributed by atoms with Gasteiger partial charge in [-0.05, 0) is 24.8 Å². The van der Waals surface area contributed by atoms with E-state index in [0.29, 0.717) is 10.8 Å². The van der Waals surface area contributed by atoms with E-state index < -0.39 is 0 Å². The number of nitrogens with zero attached hydrogens (tertiary/aromatic N) is 1. The predicted molar refractivity (Wildman–Crippen MR) is 60.4 cm³/mol. The summed E-state index contributed by atoms with van der Waals surface area (Å²) in [7, 11) is 0. The zero-order chi connectivity index (χ0) is 10.2. The molecule has 0 amide bonds. The zero-order valence-corrected chi connectivity index (χ0v) is 9.90. The fraction of sp³-hybridized carbons (Fsp3) is 1.00. The van der Waals surface area contributed by atoms with Crippen LogP contribution in [0.2, 0.25) is 0 Å². The smallest absolute Gasteiger partial charge is 0.0207 e. The first-order valence-electron chi connectivity index (χ1n) is 5.92. The van der Waals surface area contributed by atoms with Gasteiger partial charge in [-0.15, -0.1) is 0 Å². The van der Waals surface area contributed by atoms with Gasteiger partial charge in [0.05, 0.1) is 0 Å². The molecule has 2 aliphatic heterocycles.